The van der Waals surface area contributed by atoms with Crippen molar-refractivity contribution in [2.75, 3.05) is 26.2 Å². The second-order valence-electron chi connectivity index (χ2n) is 6.37. The number of carbonyl (C=O) groups excluding carboxylic acids is 1. The minimum atomic E-state index is -0.161. The van der Waals surface area contributed by atoms with Crippen molar-refractivity contribution < 1.29 is 14.3 Å². The Labute approximate surface area is 125 Å². The highest BCUT2D eigenvalue weighted by Gasteiger charge is 2.54. The molecule has 4 saturated heterocycles. The van der Waals surface area contributed by atoms with Crippen LogP contribution in [0.2, 0.25) is 0 Å². The van der Waals surface area contributed by atoms with Gasteiger partial charge in [0, 0.05) is 31.5 Å². The lowest BCUT2D eigenvalue weighted by atomic mass is 9.82. The van der Waals surface area contributed by atoms with Crippen LogP contribution >= 0.6 is 12.4 Å². The molecule has 0 spiro atoms. The first-order chi connectivity index (χ1) is 9.24. The second-order valence-corrected chi connectivity index (χ2v) is 6.37. The molecule has 6 heteroatoms. The summed E-state index contributed by atoms with van der Waals surface area (Å²) in [5.74, 6) is 1.39. The molecule has 5 nitrogen and oxygen atoms in total. The van der Waals surface area contributed by atoms with Gasteiger partial charge in [-0.05, 0) is 19.8 Å². The summed E-state index contributed by atoms with van der Waals surface area (Å²) in [7, 11) is 0. The smallest absolute Gasteiger partial charge is 0.242 e. The van der Waals surface area contributed by atoms with Crippen molar-refractivity contribution in [2.45, 2.75) is 44.1 Å². The third-order valence-electron chi connectivity index (χ3n) is 5.35. The van der Waals surface area contributed by atoms with E-state index in [-0.39, 0.29) is 30.5 Å². The molecule has 114 valence electrons. The molecule has 4 rings (SSSR count). The van der Waals surface area contributed by atoms with Gasteiger partial charge in [-0.1, -0.05) is 0 Å². The van der Waals surface area contributed by atoms with Gasteiger partial charge in [0.05, 0.1) is 24.9 Å². The first-order valence-corrected chi connectivity index (χ1v) is 7.53. The number of morpholine rings is 1. The van der Waals surface area contributed by atoms with E-state index in [9.17, 15) is 4.79 Å². The number of nitrogens with one attached hydrogen (secondary N) is 1. The normalized spacial score (nSPS) is 46.1. The summed E-state index contributed by atoms with van der Waals surface area (Å²) in [6.07, 6.45) is 3.20. The largest absolute Gasteiger partial charge is 0.375 e. The van der Waals surface area contributed by atoms with Crippen LogP contribution in [0.3, 0.4) is 0 Å². The van der Waals surface area contributed by atoms with E-state index >= 15 is 0 Å². The number of likely N-dealkylation sites (tertiary alicyclic amines) is 1. The third kappa shape index (κ3) is 2.15. The van der Waals surface area contributed by atoms with E-state index in [1.807, 2.05) is 11.8 Å². The van der Waals surface area contributed by atoms with Gasteiger partial charge in [0.25, 0.3) is 0 Å². The summed E-state index contributed by atoms with van der Waals surface area (Å²) in [6.45, 7) is 5.23. The van der Waals surface area contributed by atoms with E-state index in [1.54, 1.807) is 0 Å². The van der Waals surface area contributed by atoms with Crippen LogP contribution in [0.1, 0.15) is 19.8 Å². The molecule has 20 heavy (non-hydrogen) atoms. The number of carbonyl (C=O) groups is 1. The fraction of sp³-hybridized carbons (Fsp3) is 0.929. The summed E-state index contributed by atoms with van der Waals surface area (Å²) in [6, 6.07) is -0.161. The maximum Gasteiger partial charge on any atom is 0.242 e. The molecular weight excluding hydrogens is 280 g/mol. The second kappa shape index (κ2) is 5.44. The van der Waals surface area contributed by atoms with E-state index in [4.69, 9.17) is 9.47 Å². The molecule has 1 amide bonds. The monoisotopic (exact) mass is 302 g/mol. The number of nitrogens with zero attached hydrogens (tertiary/aromatic N) is 1. The maximum atomic E-state index is 12.6. The molecule has 6 atom stereocenters. The van der Waals surface area contributed by atoms with Gasteiger partial charge in [0.2, 0.25) is 5.91 Å². The summed E-state index contributed by atoms with van der Waals surface area (Å²) < 4.78 is 11.5. The molecule has 4 aliphatic rings. The molecule has 4 fully saturated rings. The predicted octanol–water partition coefficient (Wildman–Crippen LogP) is 0.421. The Morgan fingerprint density at radius 3 is 2.45 bits per heavy atom. The van der Waals surface area contributed by atoms with E-state index in [0.717, 1.165) is 19.6 Å². The van der Waals surface area contributed by atoms with Crippen LogP contribution in [0.25, 0.3) is 0 Å². The Morgan fingerprint density at radius 1 is 1.20 bits per heavy atom. The molecule has 4 unspecified atom stereocenters. The summed E-state index contributed by atoms with van der Waals surface area (Å²) in [5.41, 5.74) is 0. The summed E-state index contributed by atoms with van der Waals surface area (Å²) in [5, 5.41) is 3.30. The summed E-state index contributed by atoms with van der Waals surface area (Å²) >= 11 is 0. The van der Waals surface area contributed by atoms with Gasteiger partial charge in [0.1, 0.15) is 6.04 Å². The molecular formula is C14H23ClN2O3. The molecule has 0 saturated carbocycles. The average molecular weight is 303 g/mol. The average Bonchev–Trinajstić information content (AvgIpc) is 3.10. The number of ether oxygens (including phenoxy) is 2. The van der Waals surface area contributed by atoms with Crippen molar-refractivity contribution in [3.05, 3.63) is 0 Å². The van der Waals surface area contributed by atoms with E-state index in [1.165, 1.54) is 12.8 Å². The zero-order chi connectivity index (χ0) is 13.0. The van der Waals surface area contributed by atoms with Crippen LogP contribution in [-0.4, -0.2) is 61.4 Å². The van der Waals surface area contributed by atoms with E-state index in [2.05, 4.69) is 5.32 Å². The number of amides is 1. The fourth-order valence-corrected chi connectivity index (χ4v) is 4.35. The van der Waals surface area contributed by atoms with Crippen LogP contribution in [0.15, 0.2) is 0 Å². The minimum absolute atomic E-state index is 0. The third-order valence-corrected chi connectivity index (χ3v) is 5.35. The van der Waals surface area contributed by atoms with Gasteiger partial charge in [0.15, 0.2) is 0 Å². The molecule has 0 radical (unpaired) electrons. The number of hydrogen-bond acceptors (Lipinski definition) is 4. The molecule has 0 aromatic heterocycles. The molecule has 0 aromatic rings. The van der Waals surface area contributed by atoms with Crippen molar-refractivity contribution in [2.24, 2.45) is 11.8 Å². The minimum Gasteiger partial charge on any atom is -0.375 e. The van der Waals surface area contributed by atoms with E-state index < -0.39 is 0 Å². The van der Waals surface area contributed by atoms with Gasteiger partial charge in [-0.2, -0.15) is 0 Å². The van der Waals surface area contributed by atoms with Gasteiger partial charge < -0.3 is 19.7 Å². The fourth-order valence-electron chi connectivity index (χ4n) is 4.35. The van der Waals surface area contributed by atoms with Gasteiger partial charge >= 0.3 is 0 Å². The Bertz CT molecular complexity index is 377. The molecule has 2 bridgehead atoms. The first kappa shape index (κ1) is 14.6. The predicted molar refractivity (Wildman–Crippen MR) is 75.9 cm³/mol. The summed E-state index contributed by atoms with van der Waals surface area (Å²) in [4.78, 5) is 14.7. The lowest BCUT2D eigenvalue weighted by Gasteiger charge is -2.32. The standard InChI is InChI=1S/C14H22N2O3.ClH/c1-8-13(15-4-5-18-8)14(17)16-6-9-10(7-16)12-3-2-11(9)19-12;/h8-13,15H,2-7H2,1H3;1H/t8-,9?,10?,11?,12?,13+;/m1./s1. The van der Waals surface area contributed by atoms with Crippen LogP contribution < -0.4 is 5.32 Å². The maximum absolute atomic E-state index is 12.6. The van der Waals surface area contributed by atoms with Crippen LogP contribution in [0.4, 0.5) is 0 Å². The van der Waals surface area contributed by atoms with Crippen LogP contribution in [0, 0.1) is 11.8 Å². The van der Waals surface area contributed by atoms with Crippen LogP contribution in [-0.2, 0) is 14.3 Å². The number of halogens is 1. The zero-order valence-corrected chi connectivity index (χ0v) is 12.6. The number of fused-ring (bicyclic) bond motifs is 5. The Morgan fingerprint density at radius 2 is 1.85 bits per heavy atom. The van der Waals surface area contributed by atoms with Gasteiger partial charge in [-0.25, -0.2) is 0 Å². The zero-order valence-electron chi connectivity index (χ0n) is 11.8. The van der Waals surface area contributed by atoms with Crippen molar-refractivity contribution in [1.82, 2.24) is 10.2 Å². The van der Waals surface area contributed by atoms with Crippen LogP contribution in [0.5, 0.6) is 0 Å². The highest BCUT2D eigenvalue weighted by atomic mass is 35.5. The molecule has 0 aromatic carbocycles. The SMILES string of the molecule is C[C@H]1OCCN[C@@H]1C(=O)N1CC2C3CCC(O3)C2C1.Cl. The lowest BCUT2D eigenvalue weighted by Crippen LogP contribution is -2.56. The van der Waals surface area contributed by atoms with Crippen molar-refractivity contribution in [1.29, 1.82) is 0 Å². The number of rotatable bonds is 1. The Hall–Kier alpha value is -0.360. The highest BCUT2D eigenvalue weighted by molar-refractivity contribution is 5.85. The lowest BCUT2D eigenvalue weighted by molar-refractivity contribution is -0.139. The Balaban J connectivity index is 0.00000121. The highest BCUT2D eigenvalue weighted by Crippen LogP contribution is 2.47. The van der Waals surface area contributed by atoms with Crippen molar-refractivity contribution in [3.63, 3.8) is 0 Å². The van der Waals surface area contributed by atoms with Crippen molar-refractivity contribution in [3.8, 4) is 0 Å². The van der Waals surface area contributed by atoms with Gasteiger partial charge in [-0.15, -0.1) is 12.4 Å². The molecule has 4 aliphatic heterocycles. The molecule has 0 aliphatic carbocycles. The first-order valence-electron chi connectivity index (χ1n) is 7.53. The Kier molecular flexibility index (Phi) is 3.97. The molecule has 4 heterocycles. The number of hydrogen-bond donors (Lipinski definition) is 1. The van der Waals surface area contributed by atoms with E-state index in [0.29, 0.717) is 30.7 Å². The topological polar surface area (TPSA) is 50.8 Å². The van der Waals surface area contributed by atoms with Crippen molar-refractivity contribution >= 4 is 18.3 Å². The quantitative estimate of drug-likeness (QED) is 0.763. The molecule has 1 N–H and O–H groups in total. The van der Waals surface area contributed by atoms with Gasteiger partial charge in [-0.3, -0.25) is 4.79 Å².